The first kappa shape index (κ1) is 19.3. The van der Waals surface area contributed by atoms with E-state index in [2.05, 4.69) is 17.4 Å². The van der Waals surface area contributed by atoms with Gasteiger partial charge in [-0.25, -0.2) is 0 Å². The summed E-state index contributed by atoms with van der Waals surface area (Å²) in [5.74, 6) is 1.24. The van der Waals surface area contributed by atoms with E-state index in [1.54, 1.807) is 43.0 Å². The van der Waals surface area contributed by atoms with Gasteiger partial charge >= 0.3 is 0 Å². The largest absolute Gasteiger partial charge is 0.481 e. The molecule has 3 aromatic rings. The number of hydrogen-bond acceptors (Lipinski definition) is 3. The molecular formula is C22H20ClNO2S. The number of benzene rings is 3. The molecule has 0 heterocycles. The van der Waals surface area contributed by atoms with Gasteiger partial charge in [0.05, 0.1) is 0 Å². The van der Waals surface area contributed by atoms with Crippen LogP contribution in [0.4, 0.5) is 5.69 Å². The average Bonchev–Trinajstić information content (AvgIpc) is 2.68. The van der Waals surface area contributed by atoms with Crippen molar-refractivity contribution < 1.29 is 9.53 Å². The van der Waals surface area contributed by atoms with Crippen LogP contribution in [0.5, 0.6) is 5.75 Å². The maximum Gasteiger partial charge on any atom is 0.265 e. The summed E-state index contributed by atoms with van der Waals surface area (Å²) in [7, 11) is 0. The molecule has 0 aromatic heterocycles. The van der Waals surface area contributed by atoms with Crippen molar-refractivity contribution >= 4 is 35.0 Å². The summed E-state index contributed by atoms with van der Waals surface area (Å²) in [4.78, 5) is 13.6. The van der Waals surface area contributed by atoms with Crippen molar-refractivity contribution in [3.05, 3.63) is 89.4 Å². The number of nitrogens with one attached hydrogen (secondary N) is 1. The Kier molecular flexibility index (Phi) is 6.80. The second-order valence-electron chi connectivity index (χ2n) is 6.01. The molecular weight excluding hydrogens is 378 g/mol. The molecule has 138 valence electrons. The third-order valence-electron chi connectivity index (χ3n) is 3.85. The lowest BCUT2D eigenvalue weighted by molar-refractivity contribution is -0.122. The number of anilines is 1. The van der Waals surface area contributed by atoms with Crippen LogP contribution < -0.4 is 10.1 Å². The number of rotatable bonds is 7. The highest BCUT2D eigenvalue weighted by Crippen LogP contribution is 2.23. The van der Waals surface area contributed by atoms with E-state index in [1.807, 2.05) is 42.5 Å². The zero-order valence-electron chi connectivity index (χ0n) is 14.9. The maximum absolute atomic E-state index is 12.3. The summed E-state index contributed by atoms with van der Waals surface area (Å²) >= 11 is 7.72. The molecule has 1 atom stereocenters. The minimum absolute atomic E-state index is 0.207. The van der Waals surface area contributed by atoms with Crippen molar-refractivity contribution in [2.24, 2.45) is 0 Å². The molecule has 27 heavy (non-hydrogen) atoms. The van der Waals surface area contributed by atoms with Crippen molar-refractivity contribution in [1.29, 1.82) is 0 Å². The number of thioether (sulfide) groups is 1. The first-order chi connectivity index (χ1) is 13.1. The first-order valence-electron chi connectivity index (χ1n) is 8.60. The van der Waals surface area contributed by atoms with E-state index in [9.17, 15) is 4.79 Å². The van der Waals surface area contributed by atoms with Crippen molar-refractivity contribution in [1.82, 2.24) is 0 Å². The molecule has 1 N–H and O–H groups in total. The summed E-state index contributed by atoms with van der Waals surface area (Å²) < 4.78 is 5.64. The van der Waals surface area contributed by atoms with Gasteiger partial charge in [-0.05, 0) is 55.0 Å². The van der Waals surface area contributed by atoms with Crippen LogP contribution in [0.15, 0.2) is 83.8 Å². The Bertz CT molecular complexity index is 884. The summed E-state index contributed by atoms with van der Waals surface area (Å²) in [6.45, 7) is 1.71. The predicted molar refractivity (Wildman–Crippen MR) is 113 cm³/mol. The first-order valence-corrected chi connectivity index (χ1v) is 9.96. The maximum atomic E-state index is 12.3. The smallest absolute Gasteiger partial charge is 0.265 e. The van der Waals surface area contributed by atoms with Crippen LogP contribution in [0.25, 0.3) is 0 Å². The van der Waals surface area contributed by atoms with Crippen LogP contribution in [0.1, 0.15) is 12.5 Å². The van der Waals surface area contributed by atoms with Crippen LogP contribution in [-0.2, 0) is 10.5 Å². The van der Waals surface area contributed by atoms with Gasteiger partial charge in [0, 0.05) is 21.4 Å². The van der Waals surface area contributed by atoms with Crippen LogP contribution in [0.2, 0.25) is 5.02 Å². The Morgan fingerprint density at radius 3 is 2.48 bits per heavy atom. The molecule has 0 saturated carbocycles. The molecule has 0 bridgehead atoms. The van der Waals surface area contributed by atoms with Crippen molar-refractivity contribution in [2.75, 3.05) is 5.32 Å². The Labute approximate surface area is 168 Å². The minimum atomic E-state index is -0.628. The monoisotopic (exact) mass is 397 g/mol. The quantitative estimate of drug-likeness (QED) is 0.494. The SMILES string of the molecule is C[C@H](Oc1cccc(Cl)c1)C(=O)Nc1ccc(CSc2ccccc2)cc1. The topological polar surface area (TPSA) is 38.3 Å². The summed E-state index contributed by atoms with van der Waals surface area (Å²) in [5.41, 5.74) is 1.94. The molecule has 0 radical (unpaired) electrons. The summed E-state index contributed by atoms with van der Waals surface area (Å²) in [6.07, 6.45) is -0.628. The molecule has 0 saturated heterocycles. The van der Waals surface area contributed by atoms with E-state index < -0.39 is 6.10 Å². The van der Waals surface area contributed by atoms with E-state index in [1.165, 1.54) is 10.5 Å². The lowest BCUT2D eigenvalue weighted by Gasteiger charge is -2.15. The summed E-state index contributed by atoms with van der Waals surface area (Å²) in [6, 6.07) is 25.1. The molecule has 0 aliphatic rings. The second kappa shape index (κ2) is 9.49. The molecule has 5 heteroatoms. The fourth-order valence-electron chi connectivity index (χ4n) is 2.41. The number of ether oxygens (including phenoxy) is 1. The van der Waals surface area contributed by atoms with Crippen LogP contribution >= 0.6 is 23.4 Å². The third kappa shape index (κ3) is 6.05. The molecule has 3 aromatic carbocycles. The second-order valence-corrected chi connectivity index (χ2v) is 7.49. The van der Waals surface area contributed by atoms with Crippen LogP contribution in [0, 0.1) is 0 Å². The van der Waals surface area contributed by atoms with Crippen LogP contribution in [-0.4, -0.2) is 12.0 Å². The highest BCUT2D eigenvalue weighted by molar-refractivity contribution is 7.98. The molecule has 3 nitrogen and oxygen atoms in total. The van der Waals surface area contributed by atoms with Crippen molar-refractivity contribution in [3.8, 4) is 5.75 Å². The molecule has 0 fully saturated rings. The zero-order chi connectivity index (χ0) is 19.1. The number of amides is 1. The normalized spacial score (nSPS) is 11.6. The lowest BCUT2D eigenvalue weighted by Crippen LogP contribution is -2.30. The summed E-state index contributed by atoms with van der Waals surface area (Å²) in [5, 5.41) is 3.45. The lowest BCUT2D eigenvalue weighted by atomic mass is 10.2. The molecule has 0 aliphatic carbocycles. The standard InChI is InChI=1S/C22H20ClNO2S/c1-16(26-20-7-5-6-18(23)14-20)22(25)24-19-12-10-17(11-13-19)15-27-21-8-3-2-4-9-21/h2-14,16H,15H2,1H3,(H,24,25)/t16-/m0/s1. The van der Waals surface area contributed by atoms with Crippen molar-refractivity contribution in [3.63, 3.8) is 0 Å². The highest BCUT2D eigenvalue weighted by atomic mass is 35.5. The Morgan fingerprint density at radius 2 is 1.78 bits per heavy atom. The molecule has 1 amide bonds. The number of carbonyl (C=O) groups excluding carboxylic acids is 1. The minimum Gasteiger partial charge on any atom is -0.481 e. The number of hydrogen-bond donors (Lipinski definition) is 1. The van der Waals surface area contributed by atoms with Gasteiger partial charge in [0.1, 0.15) is 5.75 Å². The number of carbonyl (C=O) groups is 1. The Hall–Kier alpha value is -2.43. The van der Waals surface area contributed by atoms with Gasteiger partial charge in [-0.1, -0.05) is 48.0 Å². The Balaban J connectivity index is 1.51. The van der Waals surface area contributed by atoms with Gasteiger partial charge in [0.15, 0.2) is 6.10 Å². The van der Waals surface area contributed by atoms with Crippen molar-refractivity contribution in [2.45, 2.75) is 23.7 Å². The van der Waals surface area contributed by atoms with E-state index >= 15 is 0 Å². The molecule has 0 aliphatic heterocycles. The van der Waals surface area contributed by atoms with Gasteiger partial charge < -0.3 is 10.1 Å². The van der Waals surface area contributed by atoms with Gasteiger partial charge in [-0.3, -0.25) is 4.79 Å². The third-order valence-corrected chi connectivity index (χ3v) is 5.17. The van der Waals surface area contributed by atoms with E-state index in [4.69, 9.17) is 16.3 Å². The number of halogens is 1. The Morgan fingerprint density at radius 1 is 1.04 bits per heavy atom. The van der Waals surface area contributed by atoms with E-state index in [0.29, 0.717) is 10.8 Å². The average molecular weight is 398 g/mol. The van der Waals surface area contributed by atoms with Gasteiger partial charge in [0.25, 0.3) is 5.91 Å². The molecule has 0 unspecified atom stereocenters. The van der Waals surface area contributed by atoms with E-state index in [0.717, 1.165) is 11.4 Å². The zero-order valence-corrected chi connectivity index (χ0v) is 16.5. The van der Waals surface area contributed by atoms with Crippen LogP contribution in [0.3, 0.4) is 0 Å². The van der Waals surface area contributed by atoms with E-state index in [-0.39, 0.29) is 5.91 Å². The fraction of sp³-hybridized carbons (Fsp3) is 0.136. The van der Waals surface area contributed by atoms with Gasteiger partial charge in [-0.15, -0.1) is 11.8 Å². The van der Waals surface area contributed by atoms with Gasteiger partial charge in [0.2, 0.25) is 0 Å². The molecule has 0 spiro atoms. The molecule has 3 rings (SSSR count). The predicted octanol–water partition coefficient (Wildman–Crippen LogP) is 6.04. The fourth-order valence-corrected chi connectivity index (χ4v) is 3.47. The highest BCUT2D eigenvalue weighted by Gasteiger charge is 2.15. The van der Waals surface area contributed by atoms with Gasteiger partial charge in [-0.2, -0.15) is 0 Å².